The summed E-state index contributed by atoms with van der Waals surface area (Å²) in [6, 6.07) is 52.1. The van der Waals surface area contributed by atoms with Gasteiger partial charge in [-0.25, -0.2) is 0 Å². The van der Waals surface area contributed by atoms with E-state index in [1.165, 1.54) is 49.0 Å². The number of para-hydroxylation sites is 1. The number of nitrogens with zero attached hydrogens (tertiary/aromatic N) is 1. The molecular formula is C38H26N2. The fraction of sp³-hybridized carbons (Fsp3) is 0.0263. The molecule has 1 heterocycles. The zero-order chi connectivity index (χ0) is 26.5. The van der Waals surface area contributed by atoms with E-state index in [1.54, 1.807) is 0 Å². The van der Waals surface area contributed by atoms with Gasteiger partial charge >= 0.3 is 0 Å². The lowest BCUT2D eigenvalue weighted by molar-refractivity contribution is 0.634. The van der Waals surface area contributed by atoms with Crippen LogP contribution in [0.1, 0.15) is 17.3 Å². The molecule has 1 atom stereocenters. The Hall–Kier alpha value is -5.21. The van der Waals surface area contributed by atoms with Crippen molar-refractivity contribution in [3.63, 3.8) is 0 Å². The van der Waals surface area contributed by atoms with Crippen molar-refractivity contribution in [3.05, 3.63) is 167 Å². The third-order valence-corrected chi connectivity index (χ3v) is 8.05. The van der Waals surface area contributed by atoms with E-state index in [2.05, 4.69) is 151 Å². The molecule has 0 aliphatic carbocycles. The molecule has 0 amide bonds. The number of hydrogen-bond donors (Lipinski definition) is 1. The molecule has 0 saturated heterocycles. The second-order valence-electron chi connectivity index (χ2n) is 10.4. The molecule has 1 N–H and O–H groups in total. The van der Waals surface area contributed by atoms with Crippen LogP contribution in [0.25, 0.3) is 49.1 Å². The fourth-order valence-corrected chi connectivity index (χ4v) is 6.17. The maximum Gasteiger partial charge on any atom is 0.145 e. The van der Waals surface area contributed by atoms with Crippen molar-refractivity contribution in [2.45, 2.75) is 6.17 Å². The van der Waals surface area contributed by atoms with Gasteiger partial charge in [-0.1, -0.05) is 127 Å². The molecule has 188 valence electrons. The molecule has 7 aromatic rings. The Labute approximate surface area is 232 Å². The molecule has 2 heteroatoms. The van der Waals surface area contributed by atoms with Gasteiger partial charge in [-0.2, -0.15) is 0 Å². The summed E-state index contributed by atoms with van der Waals surface area (Å²) in [5, 5.41) is 13.6. The zero-order valence-corrected chi connectivity index (χ0v) is 21.9. The number of nitrogens with one attached hydrogen (secondary N) is 1. The van der Waals surface area contributed by atoms with Gasteiger partial charge in [0.15, 0.2) is 0 Å². The monoisotopic (exact) mass is 510 g/mol. The Morgan fingerprint density at radius 2 is 1.20 bits per heavy atom. The summed E-state index contributed by atoms with van der Waals surface area (Å²) in [5.41, 5.74) is 5.86. The summed E-state index contributed by atoms with van der Waals surface area (Å²) >= 11 is 0. The van der Waals surface area contributed by atoms with Gasteiger partial charge in [0.25, 0.3) is 0 Å². The minimum atomic E-state index is -0.183. The van der Waals surface area contributed by atoms with Crippen LogP contribution in [0.2, 0.25) is 0 Å². The van der Waals surface area contributed by atoms with Crippen molar-refractivity contribution in [1.82, 2.24) is 5.32 Å². The average molecular weight is 511 g/mol. The predicted octanol–water partition coefficient (Wildman–Crippen LogP) is 7.89. The maximum absolute atomic E-state index is 5.15. The SMILES string of the molecule is c1ccc(C2=c3ccccc3=NC(c3cccc(-c4cc5ccccc5c5c4ccc4ccccc45)c3)N2)cc1. The Kier molecular flexibility index (Phi) is 5.24. The fourth-order valence-electron chi connectivity index (χ4n) is 6.17. The molecule has 0 fully saturated rings. The van der Waals surface area contributed by atoms with Crippen LogP contribution < -0.4 is 15.9 Å². The summed E-state index contributed by atoms with van der Waals surface area (Å²) < 4.78 is 0. The van der Waals surface area contributed by atoms with Gasteiger partial charge in [0, 0.05) is 5.22 Å². The summed E-state index contributed by atoms with van der Waals surface area (Å²) in [6.07, 6.45) is -0.183. The first kappa shape index (κ1) is 22.7. The van der Waals surface area contributed by atoms with Crippen molar-refractivity contribution in [3.8, 4) is 11.1 Å². The molecule has 0 spiro atoms. The van der Waals surface area contributed by atoms with E-state index >= 15 is 0 Å². The van der Waals surface area contributed by atoms with Gasteiger partial charge in [0.05, 0.1) is 11.1 Å². The topological polar surface area (TPSA) is 24.4 Å². The highest BCUT2D eigenvalue weighted by atomic mass is 15.1. The number of benzene rings is 7. The third-order valence-electron chi connectivity index (χ3n) is 8.05. The van der Waals surface area contributed by atoms with E-state index in [4.69, 9.17) is 4.99 Å². The minimum absolute atomic E-state index is 0.183. The maximum atomic E-state index is 5.15. The number of hydrogen-bond acceptors (Lipinski definition) is 2. The van der Waals surface area contributed by atoms with E-state index in [0.29, 0.717) is 0 Å². The molecule has 7 aromatic carbocycles. The lowest BCUT2D eigenvalue weighted by Gasteiger charge is -2.23. The van der Waals surface area contributed by atoms with Crippen LogP contribution in [0.5, 0.6) is 0 Å². The highest BCUT2D eigenvalue weighted by Crippen LogP contribution is 2.39. The molecule has 0 saturated carbocycles. The van der Waals surface area contributed by atoms with Gasteiger partial charge in [-0.05, 0) is 72.8 Å². The van der Waals surface area contributed by atoms with Gasteiger partial charge in [0.2, 0.25) is 0 Å². The summed E-state index contributed by atoms with van der Waals surface area (Å²) in [6.45, 7) is 0. The van der Waals surface area contributed by atoms with Crippen LogP contribution in [0, 0.1) is 0 Å². The lowest BCUT2D eigenvalue weighted by atomic mass is 9.89. The highest BCUT2D eigenvalue weighted by Gasteiger charge is 2.19. The molecule has 1 aliphatic rings. The van der Waals surface area contributed by atoms with Gasteiger partial charge < -0.3 is 5.32 Å². The smallest absolute Gasteiger partial charge is 0.145 e. The summed E-state index contributed by atoms with van der Waals surface area (Å²) in [4.78, 5) is 5.15. The van der Waals surface area contributed by atoms with Crippen LogP contribution in [-0.2, 0) is 0 Å². The van der Waals surface area contributed by atoms with Crippen molar-refractivity contribution >= 4 is 38.0 Å². The molecule has 8 rings (SSSR count). The second kappa shape index (κ2) is 9.21. The van der Waals surface area contributed by atoms with Crippen molar-refractivity contribution in [1.29, 1.82) is 0 Å². The Bertz CT molecular complexity index is 2180. The molecule has 0 aromatic heterocycles. The first-order valence-electron chi connectivity index (χ1n) is 13.8. The first-order valence-corrected chi connectivity index (χ1v) is 13.8. The minimum Gasteiger partial charge on any atom is -0.359 e. The Balaban J connectivity index is 1.32. The van der Waals surface area contributed by atoms with E-state index in [0.717, 1.165) is 21.8 Å². The first-order chi connectivity index (χ1) is 19.8. The van der Waals surface area contributed by atoms with Gasteiger partial charge in [0.1, 0.15) is 6.17 Å². The van der Waals surface area contributed by atoms with Crippen LogP contribution in [-0.4, -0.2) is 0 Å². The molecular weight excluding hydrogens is 484 g/mol. The third kappa shape index (κ3) is 3.69. The van der Waals surface area contributed by atoms with Crippen LogP contribution in [0.4, 0.5) is 0 Å². The Morgan fingerprint density at radius 1 is 0.500 bits per heavy atom. The van der Waals surface area contributed by atoms with Crippen molar-refractivity contribution in [2.75, 3.05) is 0 Å². The average Bonchev–Trinajstić information content (AvgIpc) is 3.04. The van der Waals surface area contributed by atoms with E-state index < -0.39 is 0 Å². The molecule has 0 bridgehead atoms. The Morgan fingerprint density at radius 3 is 2.08 bits per heavy atom. The van der Waals surface area contributed by atoms with Crippen molar-refractivity contribution in [2.24, 2.45) is 4.99 Å². The van der Waals surface area contributed by atoms with Crippen LogP contribution in [0.3, 0.4) is 0 Å². The molecule has 2 nitrogen and oxygen atoms in total. The van der Waals surface area contributed by atoms with Crippen molar-refractivity contribution < 1.29 is 0 Å². The standard InChI is InChI=1S/C38H26N2/c1-2-12-26(13-3-1)37-33-19-8-9-20-35(33)39-38(40-37)29-16-10-15-27(23-29)34-24-28-14-5-7-18-31(28)36-30-17-6-4-11-25(30)21-22-32(34)36/h1-24,38,40H. The zero-order valence-electron chi connectivity index (χ0n) is 21.9. The molecule has 0 radical (unpaired) electrons. The molecule has 40 heavy (non-hydrogen) atoms. The normalized spacial score (nSPS) is 14.6. The van der Waals surface area contributed by atoms with Crippen LogP contribution in [0.15, 0.2) is 151 Å². The number of rotatable bonds is 3. The van der Waals surface area contributed by atoms with Crippen LogP contribution >= 0.6 is 0 Å². The second-order valence-corrected chi connectivity index (χ2v) is 10.4. The molecule has 1 unspecified atom stereocenters. The predicted molar refractivity (Wildman–Crippen MR) is 166 cm³/mol. The van der Waals surface area contributed by atoms with Gasteiger partial charge in [-0.3, -0.25) is 4.99 Å². The summed E-state index contributed by atoms with van der Waals surface area (Å²) in [5.74, 6) is 0. The quantitative estimate of drug-likeness (QED) is 0.240. The summed E-state index contributed by atoms with van der Waals surface area (Å²) in [7, 11) is 0. The van der Waals surface area contributed by atoms with E-state index in [-0.39, 0.29) is 6.17 Å². The highest BCUT2D eigenvalue weighted by molar-refractivity contribution is 6.23. The molecule has 1 aliphatic heterocycles. The van der Waals surface area contributed by atoms with E-state index in [9.17, 15) is 0 Å². The largest absolute Gasteiger partial charge is 0.359 e. The lowest BCUT2D eigenvalue weighted by Crippen LogP contribution is -2.39. The van der Waals surface area contributed by atoms with E-state index in [1.807, 2.05) is 0 Å². The van der Waals surface area contributed by atoms with Gasteiger partial charge in [-0.15, -0.1) is 0 Å². The number of fused-ring (bicyclic) bond motifs is 6.